The van der Waals surface area contributed by atoms with Gasteiger partial charge in [0, 0.05) is 19.0 Å². The van der Waals surface area contributed by atoms with Crippen LogP contribution in [0.4, 0.5) is 0 Å². The molecule has 0 radical (unpaired) electrons. The average molecular weight is 526 g/mol. The fourth-order valence-electron chi connectivity index (χ4n) is 4.09. The Morgan fingerprint density at radius 3 is 2.44 bits per heavy atom. The number of thioether (sulfide) groups is 1. The van der Waals surface area contributed by atoms with Crippen LogP contribution in [0.25, 0.3) is 0 Å². The number of hydrogen-bond donors (Lipinski definition) is 1. The van der Waals surface area contributed by atoms with Crippen molar-refractivity contribution in [2.24, 2.45) is 5.92 Å². The molecule has 2 heterocycles. The van der Waals surface area contributed by atoms with Gasteiger partial charge in [-0.2, -0.15) is 5.26 Å². The SMILES string of the molecule is CCOc1c(Cl)cc([C@@H]2C(C#N)=C(SCC(=O)N3CCCCC3)NC(=O)[C@H]2C(=O)OC)cc1Cl. The summed E-state index contributed by atoms with van der Waals surface area (Å²) in [5.74, 6) is -3.50. The molecule has 0 saturated carbocycles. The van der Waals surface area contributed by atoms with Crippen LogP contribution in [0, 0.1) is 17.2 Å². The maximum atomic E-state index is 13.0. The maximum absolute atomic E-state index is 13.0. The lowest BCUT2D eigenvalue weighted by molar-refractivity contribution is -0.150. The van der Waals surface area contributed by atoms with Crippen molar-refractivity contribution in [1.82, 2.24) is 10.2 Å². The number of allylic oxidation sites excluding steroid dienone is 1. The first-order chi connectivity index (χ1) is 16.3. The average Bonchev–Trinajstić information content (AvgIpc) is 2.84. The molecule has 0 unspecified atom stereocenters. The summed E-state index contributed by atoms with van der Waals surface area (Å²) in [6.45, 7) is 3.52. The van der Waals surface area contributed by atoms with Gasteiger partial charge in [0.25, 0.3) is 0 Å². The monoisotopic (exact) mass is 525 g/mol. The molecular formula is C23H25Cl2N3O5S. The number of benzene rings is 1. The Hall–Kier alpha value is -2.41. The number of nitrogens with one attached hydrogen (secondary N) is 1. The Bertz CT molecular complexity index is 1030. The minimum absolute atomic E-state index is 0.0567. The molecule has 2 aliphatic heterocycles. The number of amides is 2. The van der Waals surface area contributed by atoms with Crippen molar-refractivity contribution < 1.29 is 23.9 Å². The van der Waals surface area contributed by atoms with Crippen LogP contribution in [0.3, 0.4) is 0 Å². The van der Waals surface area contributed by atoms with Crippen molar-refractivity contribution in [3.63, 3.8) is 0 Å². The molecule has 2 aliphatic rings. The van der Waals surface area contributed by atoms with Crippen molar-refractivity contribution in [3.8, 4) is 11.8 Å². The molecule has 182 valence electrons. The molecule has 0 bridgehead atoms. The third-order valence-corrected chi connectivity index (χ3v) is 7.26. The number of rotatable bonds is 7. The van der Waals surface area contributed by atoms with Gasteiger partial charge in [-0.15, -0.1) is 0 Å². The first-order valence-electron chi connectivity index (χ1n) is 10.9. The molecular weight excluding hydrogens is 501 g/mol. The van der Waals surface area contributed by atoms with E-state index in [1.165, 1.54) is 19.2 Å². The fourth-order valence-corrected chi connectivity index (χ4v) is 5.65. The Balaban J connectivity index is 2.00. The Morgan fingerprint density at radius 1 is 1.24 bits per heavy atom. The van der Waals surface area contributed by atoms with Crippen molar-refractivity contribution in [2.75, 3.05) is 32.6 Å². The summed E-state index contributed by atoms with van der Waals surface area (Å²) in [6.07, 6.45) is 3.02. The first kappa shape index (κ1) is 26.2. The van der Waals surface area contributed by atoms with Crippen molar-refractivity contribution >= 4 is 52.7 Å². The zero-order valence-corrected chi connectivity index (χ0v) is 21.2. The lowest BCUT2D eigenvalue weighted by Crippen LogP contribution is -2.44. The number of methoxy groups -OCH3 is 1. The third kappa shape index (κ3) is 5.62. The standard InChI is InChI=1S/C23H25Cl2N3O5S/c1-3-33-20-15(24)9-13(10-16(20)25)18-14(11-26)22(27-21(30)19(18)23(31)32-2)34-12-17(29)28-7-5-4-6-8-28/h9-10,18-19H,3-8,12H2,1-2H3,(H,27,30)/t18-,19+/m1/s1. The Morgan fingerprint density at radius 2 is 1.88 bits per heavy atom. The zero-order chi connectivity index (χ0) is 24.8. The number of hydrogen-bond acceptors (Lipinski definition) is 7. The summed E-state index contributed by atoms with van der Waals surface area (Å²) in [7, 11) is 1.17. The largest absolute Gasteiger partial charge is 0.491 e. The molecule has 34 heavy (non-hydrogen) atoms. The van der Waals surface area contributed by atoms with Gasteiger partial charge in [-0.3, -0.25) is 14.4 Å². The summed E-state index contributed by atoms with van der Waals surface area (Å²) in [6, 6.07) is 5.16. The van der Waals surface area contributed by atoms with E-state index in [9.17, 15) is 19.6 Å². The van der Waals surface area contributed by atoms with Crippen LogP contribution >= 0.6 is 35.0 Å². The summed E-state index contributed by atoms with van der Waals surface area (Å²) in [4.78, 5) is 40.0. The van der Waals surface area contributed by atoms with Crippen molar-refractivity contribution in [2.45, 2.75) is 32.1 Å². The Kier molecular flexibility index (Phi) is 9.11. The summed E-state index contributed by atoms with van der Waals surface area (Å²) >= 11 is 13.8. The highest BCUT2D eigenvalue weighted by atomic mass is 35.5. The van der Waals surface area contributed by atoms with Crippen LogP contribution in [-0.4, -0.2) is 55.2 Å². The number of esters is 1. The van der Waals surface area contributed by atoms with Crippen LogP contribution in [0.15, 0.2) is 22.7 Å². The molecule has 1 fully saturated rings. The van der Waals surface area contributed by atoms with Gasteiger partial charge in [0.15, 0.2) is 5.75 Å². The van der Waals surface area contributed by atoms with Crippen LogP contribution < -0.4 is 10.1 Å². The van der Waals surface area contributed by atoms with Gasteiger partial charge in [-0.05, 0) is 43.9 Å². The van der Waals surface area contributed by atoms with E-state index in [1.807, 2.05) is 0 Å². The highest BCUT2D eigenvalue weighted by molar-refractivity contribution is 8.03. The predicted molar refractivity (Wildman–Crippen MR) is 130 cm³/mol. The third-order valence-electron chi connectivity index (χ3n) is 5.70. The van der Waals surface area contributed by atoms with Crippen LogP contribution in [0.1, 0.15) is 37.7 Å². The highest BCUT2D eigenvalue weighted by Gasteiger charge is 2.45. The molecule has 0 aliphatic carbocycles. The highest BCUT2D eigenvalue weighted by Crippen LogP contribution is 2.44. The van der Waals surface area contributed by atoms with E-state index in [1.54, 1.807) is 11.8 Å². The summed E-state index contributed by atoms with van der Waals surface area (Å²) < 4.78 is 10.3. The van der Waals surface area contributed by atoms with E-state index in [2.05, 4.69) is 11.4 Å². The van der Waals surface area contributed by atoms with E-state index < -0.39 is 23.7 Å². The number of halogens is 2. The second-order valence-electron chi connectivity index (χ2n) is 7.80. The summed E-state index contributed by atoms with van der Waals surface area (Å²) in [5, 5.41) is 13.3. The molecule has 8 nitrogen and oxygen atoms in total. The zero-order valence-electron chi connectivity index (χ0n) is 18.9. The molecule has 1 aromatic rings. The van der Waals surface area contributed by atoms with E-state index >= 15 is 0 Å². The second kappa shape index (κ2) is 11.8. The number of carbonyl (C=O) groups excluding carboxylic acids is 3. The number of nitrogens with zero attached hydrogens (tertiary/aromatic N) is 2. The molecule has 1 aromatic carbocycles. The molecule has 11 heteroatoms. The first-order valence-corrected chi connectivity index (χ1v) is 12.6. The minimum atomic E-state index is -1.33. The van der Waals surface area contributed by atoms with Gasteiger partial charge in [0.2, 0.25) is 11.8 Å². The van der Waals surface area contributed by atoms with E-state index in [0.29, 0.717) is 25.3 Å². The molecule has 2 atom stereocenters. The lowest BCUT2D eigenvalue weighted by atomic mass is 9.78. The smallest absolute Gasteiger partial charge is 0.319 e. The normalized spacial score (nSPS) is 20.4. The quantitative estimate of drug-likeness (QED) is 0.424. The van der Waals surface area contributed by atoms with Gasteiger partial charge < -0.3 is 19.7 Å². The van der Waals surface area contributed by atoms with Gasteiger partial charge in [-0.1, -0.05) is 35.0 Å². The topological polar surface area (TPSA) is 109 Å². The van der Waals surface area contributed by atoms with Crippen LogP contribution in [-0.2, 0) is 19.1 Å². The fraction of sp³-hybridized carbons (Fsp3) is 0.478. The molecule has 0 spiro atoms. The van der Waals surface area contributed by atoms with E-state index in [-0.39, 0.29) is 38.1 Å². The predicted octanol–water partition coefficient (Wildman–Crippen LogP) is 3.88. The molecule has 1 saturated heterocycles. The van der Waals surface area contributed by atoms with Gasteiger partial charge in [-0.25, -0.2) is 0 Å². The molecule has 0 aromatic heterocycles. The van der Waals surface area contributed by atoms with Crippen LogP contribution in [0.5, 0.6) is 5.75 Å². The number of ether oxygens (including phenoxy) is 2. The molecule has 1 N–H and O–H groups in total. The van der Waals surface area contributed by atoms with Gasteiger partial charge >= 0.3 is 5.97 Å². The molecule has 2 amide bonds. The summed E-state index contributed by atoms with van der Waals surface area (Å²) in [5.41, 5.74) is 0.517. The van der Waals surface area contributed by atoms with E-state index in [4.69, 9.17) is 32.7 Å². The van der Waals surface area contributed by atoms with Crippen LogP contribution in [0.2, 0.25) is 10.0 Å². The number of nitriles is 1. The number of piperidine rings is 1. The number of carbonyl (C=O) groups is 3. The Labute approximate surface area is 212 Å². The lowest BCUT2D eigenvalue weighted by Gasteiger charge is -2.32. The maximum Gasteiger partial charge on any atom is 0.319 e. The van der Waals surface area contributed by atoms with Crippen molar-refractivity contribution in [3.05, 3.63) is 38.3 Å². The minimum Gasteiger partial charge on any atom is -0.491 e. The number of likely N-dealkylation sites (tertiary alicyclic amines) is 1. The van der Waals surface area contributed by atoms with Crippen molar-refractivity contribution in [1.29, 1.82) is 5.26 Å². The van der Waals surface area contributed by atoms with Gasteiger partial charge in [0.05, 0.1) is 46.2 Å². The second-order valence-corrected chi connectivity index (χ2v) is 9.60. The van der Waals surface area contributed by atoms with E-state index in [0.717, 1.165) is 31.0 Å². The van der Waals surface area contributed by atoms with Gasteiger partial charge in [0.1, 0.15) is 5.92 Å². The molecule has 3 rings (SSSR count).